The van der Waals surface area contributed by atoms with E-state index in [2.05, 4.69) is 102 Å². The summed E-state index contributed by atoms with van der Waals surface area (Å²) in [7, 11) is -6.27. The molecule has 5 heteroatoms. The van der Waals surface area contributed by atoms with Gasteiger partial charge in [-0.25, -0.2) is 0 Å². The van der Waals surface area contributed by atoms with Crippen molar-refractivity contribution in [2.24, 2.45) is 0 Å². The van der Waals surface area contributed by atoms with Crippen LogP contribution in [-0.4, -0.2) is 18.0 Å². The molecule has 0 saturated heterocycles. The van der Waals surface area contributed by atoms with E-state index in [1.54, 1.807) is 6.20 Å². The van der Waals surface area contributed by atoms with Crippen LogP contribution < -0.4 is 31.6 Å². The Hall–Kier alpha value is -4.63. The van der Waals surface area contributed by atoms with Crippen LogP contribution >= 0.6 is 7.14 Å². The predicted octanol–water partition coefficient (Wildman–Crippen LogP) is 4.41. The third kappa shape index (κ3) is 3.23. The molecule has 0 fully saturated rings. The van der Waals surface area contributed by atoms with Crippen molar-refractivity contribution in [3.05, 3.63) is 169 Å². The average molecular weight is 561 g/mol. The zero-order valence-corrected chi connectivity index (χ0v) is 24.1. The van der Waals surface area contributed by atoms with E-state index in [1.807, 2.05) is 48.8 Å². The second-order valence-corrected chi connectivity index (χ2v) is 16.8. The molecule has 3 nitrogen and oxygen atoms in total. The summed E-state index contributed by atoms with van der Waals surface area (Å²) in [6.45, 7) is 0. The van der Waals surface area contributed by atoms with Crippen LogP contribution in [0.4, 0.5) is 0 Å². The molecule has 0 saturated carbocycles. The fraction of sp³-hybridized carbons (Fsp3) is 0. The Bertz CT molecular complexity index is 1980. The number of aromatic nitrogens is 2. The number of benzene rings is 4. The largest absolute Gasteiger partial charge is 0.307 e. The molecule has 2 aliphatic rings. The summed E-state index contributed by atoms with van der Waals surface area (Å²) in [6.07, 6.45) is 5.45. The van der Waals surface area contributed by atoms with Crippen molar-refractivity contribution in [2.75, 3.05) is 0 Å². The van der Waals surface area contributed by atoms with E-state index in [4.69, 9.17) is 4.98 Å². The first-order valence-corrected chi connectivity index (χ1v) is 17.5. The first-order valence-electron chi connectivity index (χ1n) is 13.8. The Kier molecular flexibility index (Phi) is 5.43. The standard InChI is InChI=1S/C36H25N2OPSi/c39-40(26-13-4-1-5-14-26)32-25-37-24-22-29(32)35-34(31-20-12-23-38-36(31)40)30-19-10-11-21-33(30)41(35,27-15-6-2-7-16-27)28-17-8-3-9-18-28/h1-25H. The highest BCUT2D eigenvalue weighted by molar-refractivity contribution is 7.85. The summed E-state index contributed by atoms with van der Waals surface area (Å²) >= 11 is 0. The lowest BCUT2D eigenvalue weighted by atomic mass is 9.97. The van der Waals surface area contributed by atoms with Crippen LogP contribution in [0.2, 0.25) is 0 Å². The molecular weight excluding hydrogens is 535 g/mol. The minimum atomic E-state index is -3.39. The molecule has 0 amide bonds. The average Bonchev–Trinajstić information content (AvgIpc) is 3.32. The van der Waals surface area contributed by atoms with Gasteiger partial charge in [0.2, 0.25) is 0 Å². The third-order valence-electron chi connectivity index (χ3n) is 8.52. The fourth-order valence-corrected chi connectivity index (χ4v) is 15.3. The summed E-state index contributed by atoms with van der Waals surface area (Å²) in [6, 6.07) is 46.7. The van der Waals surface area contributed by atoms with Gasteiger partial charge in [0.15, 0.2) is 15.2 Å². The zero-order valence-electron chi connectivity index (χ0n) is 22.2. The van der Waals surface area contributed by atoms with Crippen LogP contribution in [0, 0.1) is 0 Å². The van der Waals surface area contributed by atoms with E-state index in [-0.39, 0.29) is 0 Å². The summed E-state index contributed by atoms with van der Waals surface area (Å²) < 4.78 is 15.8. The smallest absolute Gasteiger partial charge is 0.191 e. The summed E-state index contributed by atoms with van der Waals surface area (Å²) in [4.78, 5) is 9.51. The van der Waals surface area contributed by atoms with Crippen LogP contribution in [-0.2, 0) is 4.57 Å². The molecule has 0 spiro atoms. The second kappa shape index (κ2) is 9.20. The number of hydrogen-bond donors (Lipinski definition) is 0. The van der Waals surface area contributed by atoms with Crippen molar-refractivity contribution in [3.63, 3.8) is 0 Å². The predicted molar refractivity (Wildman–Crippen MR) is 171 cm³/mol. The lowest BCUT2D eigenvalue weighted by Gasteiger charge is -2.34. The molecule has 1 unspecified atom stereocenters. The summed E-state index contributed by atoms with van der Waals surface area (Å²) in [5.41, 5.74) is 4.92. The lowest BCUT2D eigenvalue weighted by Crippen LogP contribution is -2.67. The molecule has 8 rings (SSSR count). The molecule has 2 aromatic heterocycles. The molecule has 6 aromatic rings. The maximum absolute atomic E-state index is 15.8. The maximum atomic E-state index is 15.8. The molecule has 0 aliphatic carbocycles. The van der Waals surface area contributed by atoms with Crippen LogP contribution in [0.3, 0.4) is 0 Å². The molecule has 0 N–H and O–H groups in total. The van der Waals surface area contributed by atoms with E-state index in [9.17, 15) is 0 Å². The van der Waals surface area contributed by atoms with Gasteiger partial charge < -0.3 is 4.57 Å². The molecule has 0 bridgehead atoms. The summed E-state index contributed by atoms with van der Waals surface area (Å²) in [5.74, 6) is 0. The highest BCUT2D eigenvalue weighted by atomic mass is 31.2. The molecule has 0 radical (unpaired) electrons. The number of rotatable bonds is 3. The molecule has 4 heterocycles. The highest BCUT2D eigenvalue weighted by Crippen LogP contribution is 2.53. The quantitative estimate of drug-likeness (QED) is 0.238. The molecule has 194 valence electrons. The number of fused-ring (bicyclic) bond motifs is 6. The number of nitrogens with zero attached hydrogens (tertiary/aromatic N) is 2. The van der Waals surface area contributed by atoms with Crippen molar-refractivity contribution in [2.45, 2.75) is 0 Å². The van der Waals surface area contributed by atoms with Crippen LogP contribution in [0.25, 0.3) is 10.8 Å². The SMILES string of the molecule is O=P1(c2ccccc2)c2cnccc2C2=C(c3ccccc3[Si]2(c2ccccc2)c2ccccc2)c2cccnc21. The molecule has 41 heavy (non-hydrogen) atoms. The third-order valence-corrected chi connectivity index (χ3v) is 16.4. The first-order chi connectivity index (χ1) is 20.3. The topological polar surface area (TPSA) is 42.9 Å². The van der Waals surface area contributed by atoms with Crippen molar-refractivity contribution in [1.29, 1.82) is 0 Å². The van der Waals surface area contributed by atoms with E-state index in [0.29, 0.717) is 5.44 Å². The Balaban J connectivity index is 1.63. The Morgan fingerprint density at radius 3 is 1.88 bits per heavy atom. The molecule has 2 aliphatic heterocycles. The minimum Gasteiger partial charge on any atom is -0.307 e. The van der Waals surface area contributed by atoms with Gasteiger partial charge in [-0.3, -0.25) is 9.97 Å². The van der Waals surface area contributed by atoms with E-state index in [1.165, 1.54) is 26.3 Å². The zero-order chi connectivity index (χ0) is 27.4. The van der Waals surface area contributed by atoms with E-state index in [0.717, 1.165) is 27.3 Å². The molecular formula is C36H25N2OPSi. The first kappa shape index (κ1) is 24.2. The minimum absolute atomic E-state index is 0.631. The van der Waals surface area contributed by atoms with Gasteiger partial charge in [-0.1, -0.05) is 121 Å². The van der Waals surface area contributed by atoms with Gasteiger partial charge in [-0.2, -0.15) is 0 Å². The maximum Gasteiger partial charge on any atom is 0.191 e. The van der Waals surface area contributed by atoms with Crippen LogP contribution in [0.1, 0.15) is 16.7 Å². The second-order valence-electron chi connectivity index (χ2n) is 10.5. The Morgan fingerprint density at radius 2 is 1.17 bits per heavy atom. The molecule has 4 aromatic carbocycles. The van der Waals surface area contributed by atoms with Crippen molar-refractivity contribution in [3.8, 4) is 0 Å². The van der Waals surface area contributed by atoms with Gasteiger partial charge in [0.25, 0.3) is 0 Å². The van der Waals surface area contributed by atoms with Gasteiger partial charge in [0, 0.05) is 34.8 Å². The number of pyridine rings is 2. The van der Waals surface area contributed by atoms with Gasteiger partial charge in [-0.15, -0.1) is 0 Å². The Labute approximate surface area is 240 Å². The van der Waals surface area contributed by atoms with E-state index >= 15 is 4.57 Å². The van der Waals surface area contributed by atoms with Crippen LogP contribution in [0.5, 0.6) is 0 Å². The van der Waals surface area contributed by atoms with Crippen molar-refractivity contribution >= 4 is 57.6 Å². The van der Waals surface area contributed by atoms with Crippen molar-refractivity contribution in [1.82, 2.24) is 9.97 Å². The Morgan fingerprint density at radius 1 is 0.561 bits per heavy atom. The fourth-order valence-electron chi connectivity index (χ4n) is 6.95. The van der Waals surface area contributed by atoms with Gasteiger partial charge in [0.05, 0.1) is 0 Å². The van der Waals surface area contributed by atoms with E-state index < -0.39 is 15.2 Å². The normalized spacial score (nSPS) is 18.0. The number of hydrogen-bond acceptors (Lipinski definition) is 3. The highest BCUT2D eigenvalue weighted by Gasteiger charge is 2.54. The van der Waals surface area contributed by atoms with Gasteiger partial charge >= 0.3 is 0 Å². The lowest BCUT2D eigenvalue weighted by molar-refractivity contribution is 0.592. The molecule has 1 atom stereocenters. The van der Waals surface area contributed by atoms with Crippen molar-refractivity contribution < 1.29 is 4.57 Å². The monoisotopic (exact) mass is 560 g/mol. The van der Waals surface area contributed by atoms with Gasteiger partial charge in [0.1, 0.15) is 5.44 Å². The van der Waals surface area contributed by atoms with Crippen LogP contribution in [0.15, 0.2) is 152 Å². The van der Waals surface area contributed by atoms with Gasteiger partial charge in [-0.05, 0) is 49.6 Å². The summed E-state index contributed by atoms with van der Waals surface area (Å²) in [5, 5.41) is 6.73.